The number of ether oxygens (including phenoxy) is 1. The van der Waals surface area contributed by atoms with E-state index in [9.17, 15) is 0 Å². The van der Waals surface area contributed by atoms with Gasteiger partial charge >= 0.3 is 0 Å². The van der Waals surface area contributed by atoms with Crippen LogP contribution in [0.5, 0.6) is 11.5 Å². The highest BCUT2D eigenvalue weighted by molar-refractivity contribution is 5.59. The summed E-state index contributed by atoms with van der Waals surface area (Å²) in [6, 6.07) is 19.1. The molecule has 3 rings (SSSR count). The number of nitrogen functional groups attached to an aromatic ring is 1. The fraction of sp³-hybridized carbons (Fsp3) is 0.0588. The normalized spacial score (nSPS) is 10.2. The Kier molecular flexibility index (Phi) is 3.87. The summed E-state index contributed by atoms with van der Waals surface area (Å²) >= 11 is 0. The Morgan fingerprint density at radius 1 is 0.909 bits per heavy atom. The van der Waals surface area contributed by atoms with Gasteiger partial charge in [-0.2, -0.15) is 4.98 Å². The third-order valence-electron chi connectivity index (χ3n) is 2.96. The molecule has 0 fully saturated rings. The van der Waals surface area contributed by atoms with Crippen LogP contribution >= 0.6 is 0 Å². The fourth-order valence-corrected chi connectivity index (χ4v) is 2.07. The molecule has 0 spiro atoms. The van der Waals surface area contributed by atoms with Crippen LogP contribution in [0.4, 0.5) is 17.5 Å². The fourth-order valence-electron chi connectivity index (χ4n) is 2.07. The Labute approximate surface area is 128 Å². The van der Waals surface area contributed by atoms with Gasteiger partial charge in [0.1, 0.15) is 17.3 Å². The SMILES string of the molecule is Cc1cc(Nc2cccc(Oc3ccccc3)c2)nc(N)n1. The standard InChI is InChI=1S/C17H16N4O/c1-12-10-16(21-17(18)19-12)20-13-6-5-9-15(11-13)22-14-7-3-2-4-8-14/h2-11H,1H3,(H3,18,19,20,21). The summed E-state index contributed by atoms with van der Waals surface area (Å²) in [6.07, 6.45) is 0. The van der Waals surface area contributed by atoms with Crippen LogP contribution in [0.2, 0.25) is 0 Å². The van der Waals surface area contributed by atoms with Gasteiger partial charge in [-0.15, -0.1) is 0 Å². The van der Waals surface area contributed by atoms with Crippen molar-refractivity contribution < 1.29 is 4.74 Å². The molecular weight excluding hydrogens is 276 g/mol. The lowest BCUT2D eigenvalue weighted by molar-refractivity contribution is 0.483. The number of hydrogen-bond acceptors (Lipinski definition) is 5. The Morgan fingerprint density at radius 3 is 2.45 bits per heavy atom. The molecule has 0 amide bonds. The minimum absolute atomic E-state index is 0.249. The van der Waals surface area contributed by atoms with Gasteiger partial charge in [-0.1, -0.05) is 24.3 Å². The van der Waals surface area contributed by atoms with Crippen molar-refractivity contribution in [3.8, 4) is 11.5 Å². The predicted octanol–water partition coefficient (Wildman–Crippen LogP) is 3.90. The van der Waals surface area contributed by atoms with Gasteiger partial charge in [-0.3, -0.25) is 0 Å². The van der Waals surface area contributed by atoms with E-state index in [0.717, 1.165) is 22.9 Å². The van der Waals surface area contributed by atoms with Crippen LogP contribution in [0.3, 0.4) is 0 Å². The summed E-state index contributed by atoms with van der Waals surface area (Å²) < 4.78 is 5.81. The maximum absolute atomic E-state index is 5.81. The summed E-state index contributed by atoms with van der Waals surface area (Å²) in [7, 11) is 0. The van der Waals surface area contributed by atoms with Gasteiger partial charge in [0, 0.05) is 23.5 Å². The highest BCUT2D eigenvalue weighted by atomic mass is 16.5. The molecule has 1 heterocycles. The van der Waals surface area contributed by atoms with Gasteiger partial charge in [0.05, 0.1) is 0 Å². The molecule has 3 N–H and O–H groups in total. The quantitative estimate of drug-likeness (QED) is 0.763. The zero-order valence-corrected chi connectivity index (χ0v) is 12.2. The second kappa shape index (κ2) is 6.13. The maximum Gasteiger partial charge on any atom is 0.222 e. The lowest BCUT2D eigenvalue weighted by atomic mass is 10.3. The molecule has 5 nitrogen and oxygen atoms in total. The maximum atomic E-state index is 5.81. The van der Waals surface area contributed by atoms with E-state index in [-0.39, 0.29) is 5.95 Å². The average Bonchev–Trinajstić information content (AvgIpc) is 2.47. The van der Waals surface area contributed by atoms with E-state index in [0.29, 0.717) is 5.82 Å². The molecule has 0 unspecified atom stereocenters. The number of hydrogen-bond donors (Lipinski definition) is 2. The number of nitrogens with two attached hydrogens (primary N) is 1. The Balaban J connectivity index is 1.79. The van der Waals surface area contributed by atoms with Crippen LogP contribution in [0.15, 0.2) is 60.7 Å². The average molecular weight is 292 g/mol. The molecule has 0 aliphatic carbocycles. The highest BCUT2D eigenvalue weighted by Crippen LogP contribution is 2.25. The first-order valence-electron chi connectivity index (χ1n) is 6.90. The molecule has 0 radical (unpaired) electrons. The van der Waals surface area contributed by atoms with Crippen molar-refractivity contribution in [2.75, 3.05) is 11.1 Å². The van der Waals surface area contributed by atoms with Gasteiger partial charge in [0.2, 0.25) is 5.95 Å². The van der Waals surface area contributed by atoms with Crippen LogP contribution in [0.1, 0.15) is 5.69 Å². The molecule has 0 saturated carbocycles. The molecule has 0 aliphatic heterocycles. The van der Waals surface area contributed by atoms with Crippen LogP contribution in [-0.4, -0.2) is 9.97 Å². The van der Waals surface area contributed by atoms with E-state index in [1.165, 1.54) is 0 Å². The van der Waals surface area contributed by atoms with Crippen molar-refractivity contribution in [1.82, 2.24) is 9.97 Å². The molecule has 1 aromatic heterocycles. The number of rotatable bonds is 4. The van der Waals surface area contributed by atoms with Gasteiger partial charge < -0.3 is 15.8 Å². The second-order valence-corrected chi connectivity index (χ2v) is 4.82. The third kappa shape index (κ3) is 3.52. The molecule has 0 atom stereocenters. The van der Waals surface area contributed by atoms with Gasteiger partial charge in [0.15, 0.2) is 0 Å². The van der Waals surface area contributed by atoms with E-state index in [1.54, 1.807) is 0 Å². The van der Waals surface area contributed by atoms with Crippen molar-refractivity contribution >= 4 is 17.5 Å². The van der Waals surface area contributed by atoms with Crippen molar-refractivity contribution in [3.05, 3.63) is 66.4 Å². The Morgan fingerprint density at radius 2 is 1.68 bits per heavy atom. The minimum atomic E-state index is 0.249. The number of anilines is 3. The number of benzene rings is 2. The summed E-state index contributed by atoms with van der Waals surface area (Å²) in [5, 5.41) is 3.20. The predicted molar refractivity (Wildman–Crippen MR) is 87.4 cm³/mol. The first-order valence-corrected chi connectivity index (χ1v) is 6.90. The van der Waals surface area contributed by atoms with E-state index >= 15 is 0 Å². The Bertz CT molecular complexity index is 754. The molecule has 22 heavy (non-hydrogen) atoms. The molecule has 2 aromatic carbocycles. The van der Waals surface area contributed by atoms with Gasteiger partial charge in [-0.05, 0) is 31.2 Å². The lowest BCUT2D eigenvalue weighted by Gasteiger charge is -2.10. The summed E-state index contributed by atoms with van der Waals surface area (Å²) in [6.45, 7) is 1.87. The minimum Gasteiger partial charge on any atom is -0.457 e. The lowest BCUT2D eigenvalue weighted by Crippen LogP contribution is -2.01. The molecular formula is C17H16N4O. The zero-order chi connectivity index (χ0) is 15.4. The number of nitrogens with one attached hydrogen (secondary N) is 1. The van der Waals surface area contributed by atoms with Gasteiger partial charge in [-0.25, -0.2) is 4.98 Å². The number of aryl methyl sites for hydroxylation is 1. The summed E-state index contributed by atoms with van der Waals surface area (Å²) in [5.41, 5.74) is 7.34. The smallest absolute Gasteiger partial charge is 0.222 e. The van der Waals surface area contributed by atoms with E-state index < -0.39 is 0 Å². The summed E-state index contributed by atoms with van der Waals surface area (Å²) in [4.78, 5) is 8.21. The molecule has 110 valence electrons. The monoisotopic (exact) mass is 292 g/mol. The van der Waals surface area contributed by atoms with Gasteiger partial charge in [0.25, 0.3) is 0 Å². The number of nitrogens with zero attached hydrogens (tertiary/aromatic N) is 2. The third-order valence-corrected chi connectivity index (χ3v) is 2.96. The molecule has 5 heteroatoms. The first kappa shape index (κ1) is 13.9. The van der Waals surface area contributed by atoms with Crippen LogP contribution in [0.25, 0.3) is 0 Å². The van der Waals surface area contributed by atoms with E-state index in [2.05, 4.69) is 15.3 Å². The van der Waals surface area contributed by atoms with E-state index in [1.807, 2.05) is 67.6 Å². The van der Waals surface area contributed by atoms with E-state index in [4.69, 9.17) is 10.5 Å². The summed E-state index contributed by atoms with van der Waals surface area (Å²) in [5.74, 6) is 2.44. The van der Waals surface area contributed by atoms with Crippen molar-refractivity contribution in [2.24, 2.45) is 0 Å². The van der Waals surface area contributed by atoms with Crippen molar-refractivity contribution in [3.63, 3.8) is 0 Å². The van der Waals surface area contributed by atoms with Crippen molar-refractivity contribution in [1.29, 1.82) is 0 Å². The highest BCUT2D eigenvalue weighted by Gasteiger charge is 2.02. The first-order chi connectivity index (χ1) is 10.7. The van der Waals surface area contributed by atoms with Crippen molar-refractivity contribution in [2.45, 2.75) is 6.92 Å². The molecule has 0 bridgehead atoms. The Hall–Kier alpha value is -3.08. The largest absolute Gasteiger partial charge is 0.457 e. The molecule has 0 aliphatic rings. The van der Waals surface area contributed by atoms with Crippen LogP contribution in [-0.2, 0) is 0 Å². The molecule has 3 aromatic rings. The van der Waals surface area contributed by atoms with Crippen LogP contribution in [0, 0.1) is 6.92 Å². The number of aromatic nitrogens is 2. The van der Waals surface area contributed by atoms with Crippen LogP contribution < -0.4 is 15.8 Å². The second-order valence-electron chi connectivity index (χ2n) is 4.82. The number of para-hydroxylation sites is 1. The zero-order valence-electron chi connectivity index (χ0n) is 12.2. The topological polar surface area (TPSA) is 73.1 Å². The molecule has 0 saturated heterocycles.